The standard InChI is InChI=1S/C14H17F2N3O2.ClH/c1-8(17-3)6-13-18-14(21-19-13)9(2)20-10-4-5-11(15)12(16)7-10;/h4-5,7-9,17H,6H2,1-3H3;1H. The Bertz CT molecular complexity index is 610. The second-order valence-corrected chi connectivity index (χ2v) is 4.78. The van der Waals surface area contributed by atoms with Gasteiger partial charge >= 0.3 is 0 Å². The van der Waals surface area contributed by atoms with Crippen molar-refractivity contribution in [1.82, 2.24) is 15.5 Å². The monoisotopic (exact) mass is 333 g/mol. The number of benzene rings is 1. The van der Waals surface area contributed by atoms with E-state index in [1.165, 1.54) is 6.07 Å². The molecule has 2 rings (SSSR count). The highest BCUT2D eigenvalue weighted by Crippen LogP contribution is 2.22. The molecule has 2 aromatic rings. The summed E-state index contributed by atoms with van der Waals surface area (Å²) < 4.78 is 36.5. The van der Waals surface area contributed by atoms with Gasteiger partial charge < -0.3 is 14.6 Å². The topological polar surface area (TPSA) is 60.2 Å². The summed E-state index contributed by atoms with van der Waals surface area (Å²) >= 11 is 0. The lowest BCUT2D eigenvalue weighted by Gasteiger charge is -2.10. The van der Waals surface area contributed by atoms with Crippen molar-refractivity contribution >= 4 is 12.4 Å². The normalized spacial score (nSPS) is 13.3. The summed E-state index contributed by atoms with van der Waals surface area (Å²) in [6.07, 6.45) is 0.0683. The zero-order chi connectivity index (χ0) is 15.4. The van der Waals surface area contributed by atoms with Crippen LogP contribution in [0.1, 0.15) is 31.7 Å². The lowest BCUT2D eigenvalue weighted by atomic mass is 10.2. The molecule has 1 N–H and O–H groups in total. The van der Waals surface area contributed by atoms with Gasteiger partial charge in [-0.1, -0.05) is 5.16 Å². The molecule has 1 aromatic carbocycles. The smallest absolute Gasteiger partial charge is 0.267 e. The molecule has 22 heavy (non-hydrogen) atoms. The Hall–Kier alpha value is -1.73. The van der Waals surface area contributed by atoms with E-state index in [1.807, 2.05) is 14.0 Å². The van der Waals surface area contributed by atoms with Gasteiger partial charge in [-0.05, 0) is 33.0 Å². The fourth-order valence-corrected chi connectivity index (χ4v) is 1.70. The third-order valence-electron chi connectivity index (χ3n) is 3.02. The van der Waals surface area contributed by atoms with Crippen LogP contribution in [0.15, 0.2) is 22.7 Å². The van der Waals surface area contributed by atoms with Crippen molar-refractivity contribution in [2.75, 3.05) is 7.05 Å². The van der Waals surface area contributed by atoms with Crippen molar-refractivity contribution in [1.29, 1.82) is 0 Å². The first-order chi connectivity index (χ1) is 9.99. The summed E-state index contributed by atoms with van der Waals surface area (Å²) in [5.41, 5.74) is 0. The van der Waals surface area contributed by atoms with Crippen LogP contribution in [-0.4, -0.2) is 23.2 Å². The number of hydrogen-bond donors (Lipinski definition) is 1. The number of ether oxygens (including phenoxy) is 1. The fraction of sp³-hybridized carbons (Fsp3) is 0.429. The van der Waals surface area contributed by atoms with E-state index >= 15 is 0 Å². The molecule has 0 aliphatic heterocycles. The average molecular weight is 334 g/mol. The number of rotatable bonds is 6. The van der Waals surface area contributed by atoms with Gasteiger partial charge in [-0.25, -0.2) is 8.78 Å². The molecule has 0 saturated heterocycles. The van der Waals surface area contributed by atoms with Crippen LogP contribution in [-0.2, 0) is 6.42 Å². The van der Waals surface area contributed by atoms with E-state index in [4.69, 9.17) is 9.26 Å². The zero-order valence-corrected chi connectivity index (χ0v) is 13.3. The zero-order valence-electron chi connectivity index (χ0n) is 12.5. The Morgan fingerprint density at radius 3 is 2.64 bits per heavy atom. The van der Waals surface area contributed by atoms with Crippen molar-refractivity contribution < 1.29 is 18.0 Å². The second kappa shape index (κ2) is 8.05. The van der Waals surface area contributed by atoms with Gasteiger partial charge in [-0.2, -0.15) is 4.98 Å². The van der Waals surface area contributed by atoms with Crippen molar-refractivity contribution in [3.8, 4) is 5.75 Å². The number of nitrogens with zero attached hydrogens (tertiary/aromatic N) is 2. The predicted molar refractivity (Wildman–Crippen MR) is 79.2 cm³/mol. The maximum atomic E-state index is 13.1. The minimum atomic E-state index is -0.964. The molecule has 0 aliphatic rings. The van der Waals surface area contributed by atoms with Crippen LogP contribution in [0, 0.1) is 11.6 Å². The molecule has 2 atom stereocenters. The largest absolute Gasteiger partial charge is 0.481 e. The first-order valence-electron chi connectivity index (χ1n) is 6.61. The molecule has 0 radical (unpaired) electrons. The maximum Gasteiger partial charge on any atom is 0.267 e. The van der Waals surface area contributed by atoms with E-state index in [0.717, 1.165) is 12.1 Å². The number of hydrogen-bond acceptors (Lipinski definition) is 5. The third kappa shape index (κ3) is 4.64. The van der Waals surface area contributed by atoms with E-state index in [1.54, 1.807) is 6.92 Å². The van der Waals surface area contributed by atoms with Crippen LogP contribution < -0.4 is 10.1 Å². The Balaban J connectivity index is 0.00000242. The summed E-state index contributed by atoms with van der Waals surface area (Å²) in [4.78, 5) is 4.22. The summed E-state index contributed by atoms with van der Waals surface area (Å²) in [7, 11) is 1.85. The van der Waals surface area contributed by atoms with Crippen LogP contribution >= 0.6 is 12.4 Å². The number of halogens is 3. The summed E-state index contributed by atoms with van der Waals surface area (Å²) in [6.45, 7) is 3.69. The highest BCUT2D eigenvalue weighted by Gasteiger charge is 2.17. The first-order valence-corrected chi connectivity index (χ1v) is 6.61. The van der Waals surface area contributed by atoms with Crippen LogP contribution in [0.4, 0.5) is 8.78 Å². The molecular formula is C14H18ClF2N3O2. The Kier molecular flexibility index (Phi) is 6.70. The minimum absolute atomic E-state index is 0. The fourth-order valence-electron chi connectivity index (χ4n) is 1.70. The SMILES string of the molecule is CNC(C)Cc1noc(C(C)Oc2ccc(F)c(F)c2)n1.Cl. The van der Waals surface area contributed by atoms with Gasteiger partial charge in [0.05, 0.1) is 0 Å². The van der Waals surface area contributed by atoms with E-state index in [-0.39, 0.29) is 30.1 Å². The van der Waals surface area contributed by atoms with Crippen molar-refractivity contribution in [2.24, 2.45) is 0 Å². The van der Waals surface area contributed by atoms with Gasteiger partial charge in [-0.15, -0.1) is 12.4 Å². The Morgan fingerprint density at radius 2 is 2.00 bits per heavy atom. The number of aromatic nitrogens is 2. The van der Waals surface area contributed by atoms with Gasteiger partial charge in [0.25, 0.3) is 5.89 Å². The molecule has 0 bridgehead atoms. The Morgan fingerprint density at radius 1 is 1.27 bits per heavy atom. The predicted octanol–water partition coefficient (Wildman–Crippen LogP) is 3.06. The van der Waals surface area contributed by atoms with E-state index in [2.05, 4.69) is 15.5 Å². The molecule has 8 heteroatoms. The van der Waals surface area contributed by atoms with Crippen molar-refractivity contribution in [2.45, 2.75) is 32.4 Å². The van der Waals surface area contributed by atoms with Crippen molar-refractivity contribution in [3.05, 3.63) is 41.5 Å². The van der Waals surface area contributed by atoms with Crippen molar-refractivity contribution in [3.63, 3.8) is 0 Å². The van der Waals surface area contributed by atoms with Gasteiger partial charge in [0.2, 0.25) is 0 Å². The van der Waals surface area contributed by atoms with Crippen LogP contribution in [0.3, 0.4) is 0 Å². The molecule has 1 aromatic heterocycles. The second-order valence-electron chi connectivity index (χ2n) is 4.78. The average Bonchev–Trinajstić information content (AvgIpc) is 2.91. The lowest BCUT2D eigenvalue weighted by Crippen LogP contribution is -2.24. The molecule has 122 valence electrons. The first kappa shape index (κ1) is 18.3. The Labute approximate surface area is 133 Å². The number of likely N-dealkylation sites (N-methyl/N-ethyl adjacent to an activating group) is 1. The number of nitrogens with one attached hydrogen (secondary N) is 1. The molecule has 0 aliphatic carbocycles. The molecule has 0 saturated carbocycles. The van der Waals surface area contributed by atoms with E-state index in [0.29, 0.717) is 12.2 Å². The summed E-state index contributed by atoms with van der Waals surface area (Å²) in [6, 6.07) is 3.55. The van der Waals surface area contributed by atoms with Gasteiger partial charge in [-0.3, -0.25) is 0 Å². The van der Waals surface area contributed by atoms with Crippen LogP contribution in [0.25, 0.3) is 0 Å². The van der Waals surface area contributed by atoms with E-state index in [9.17, 15) is 8.78 Å². The van der Waals surface area contributed by atoms with Gasteiger partial charge in [0.15, 0.2) is 23.6 Å². The maximum absolute atomic E-state index is 13.1. The highest BCUT2D eigenvalue weighted by atomic mass is 35.5. The molecule has 0 amide bonds. The van der Waals surface area contributed by atoms with E-state index < -0.39 is 17.7 Å². The van der Waals surface area contributed by atoms with Gasteiger partial charge in [0, 0.05) is 18.5 Å². The summed E-state index contributed by atoms with van der Waals surface area (Å²) in [5, 5.41) is 6.93. The molecular weight excluding hydrogens is 316 g/mol. The van der Waals surface area contributed by atoms with Gasteiger partial charge in [0.1, 0.15) is 5.75 Å². The van der Waals surface area contributed by atoms with Crippen LogP contribution in [0.5, 0.6) is 5.75 Å². The quantitative estimate of drug-likeness (QED) is 0.880. The molecule has 2 unspecified atom stereocenters. The summed E-state index contributed by atoms with van der Waals surface area (Å²) in [5.74, 6) is -0.833. The minimum Gasteiger partial charge on any atom is -0.481 e. The molecule has 5 nitrogen and oxygen atoms in total. The lowest BCUT2D eigenvalue weighted by molar-refractivity contribution is 0.174. The molecule has 1 heterocycles. The van der Waals surface area contributed by atoms with Crippen LogP contribution in [0.2, 0.25) is 0 Å². The molecule has 0 spiro atoms. The highest BCUT2D eigenvalue weighted by molar-refractivity contribution is 5.85. The molecule has 0 fully saturated rings. The third-order valence-corrected chi connectivity index (χ3v) is 3.02.